The van der Waals surface area contributed by atoms with E-state index < -0.39 is 0 Å². The molecule has 0 N–H and O–H groups in total. The van der Waals surface area contributed by atoms with Crippen LogP contribution in [-0.4, -0.2) is 0 Å². The summed E-state index contributed by atoms with van der Waals surface area (Å²) in [6.45, 7) is 9.75. The first-order chi connectivity index (χ1) is 6.01. The fraction of sp³-hybridized carbons (Fsp3) is 1.00. The normalized spacial score (nSPS) is 50.3. The minimum Gasteiger partial charge on any atom is -0.0625 e. The fourth-order valence-electron chi connectivity index (χ4n) is 3.05. The van der Waals surface area contributed by atoms with E-state index in [2.05, 4.69) is 27.7 Å². The van der Waals surface area contributed by atoms with Crippen molar-refractivity contribution in [3.63, 3.8) is 0 Å². The Morgan fingerprint density at radius 1 is 1.38 bits per heavy atom. The van der Waals surface area contributed by atoms with Crippen LogP contribution in [0.25, 0.3) is 0 Å². The van der Waals surface area contributed by atoms with E-state index in [-0.39, 0.29) is 0 Å². The summed E-state index contributed by atoms with van der Waals surface area (Å²) < 4.78 is 0. The lowest BCUT2D eigenvalue weighted by Gasteiger charge is -2.16. The lowest BCUT2D eigenvalue weighted by molar-refractivity contribution is 0.343. The van der Waals surface area contributed by atoms with Gasteiger partial charge in [0.05, 0.1) is 0 Å². The largest absolute Gasteiger partial charge is 0.0625 e. The molecule has 2 aliphatic rings. The molecule has 0 saturated heterocycles. The van der Waals surface area contributed by atoms with Crippen molar-refractivity contribution in [2.75, 3.05) is 0 Å². The Balaban J connectivity index is 1.70. The first-order valence-corrected chi connectivity index (χ1v) is 6.01. The molecular weight excluding hydrogens is 156 g/mol. The predicted molar refractivity (Wildman–Crippen MR) is 57.6 cm³/mol. The molecule has 2 rings (SSSR count). The van der Waals surface area contributed by atoms with Gasteiger partial charge >= 0.3 is 0 Å². The summed E-state index contributed by atoms with van der Waals surface area (Å²) in [4.78, 5) is 0. The Morgan fingerprint density at radius 2 is 1.92 bits per heavy atom. The summed E-state index contributed by atoms with van der Waals surface area (Å²) in [6.07, 6.45) is 5.98. The van der Waals surface area contributed by atoms with Crippen LogP contribution < -0.4 is 0 Å². The minimum atomic E-state index is 0.734. The molecule has 0 aromatic carbocycles. The molecule has 0 radical (unpaired) electrons. The fourth-order valence-corrected chi connectivity index (χ4v) is 3.05. The minimum absolute atomic E-state index is 0.734. The Kier molecular flexibility index (Phi) is 2.20. The summed E-state index contributed by atoms with van der Waals surface area (Å²) in [6, 6.07) is 0. The second kappa shape index (κ2) is 3.00. The van der Waals surface area contributed by atoms with Crippen LogP contribution in [0.3, 0.4) is 0 Å². The summed E-state index contributed by atoms with van der Waals surface area (Å²) in [7, 11) is 0. The summed E-state index contributed by atoms with van der Waals surface area (Å²) in [5.41, 5.74) is 0.734. The van der Waals surface area contributed by atoms with Crippen molar-refractivity contribution < 1.29 is 0 Å². The second-order valence-corrected chi connectivity index (χ2v) is 6.28. The molecule has 0 heterocycles. The predicted octanol–water partition coefficient (Wildman–Crippen LogP) is 4.10. The third-order valence-electron chi connectivity index (χ3n) is 4.60. The van der Waals surface area contributed by atoms with Gasteiger partial charge in [-0.15, -0.1) is 0 Å². The van der Waals surface area contributed by atoms with E-state index in [4.69, 9.17) is 0 Å². The van der Waals surface area contributed by atoms with Gasteiger partial charge in [0.2, 0.25) is 0 Å². The summed E-state index contributed by atoms with van der Waals surface area (Å²) >= 11 is 0. The van der Waals surface area contributed by atoms with Crippen LogP contribution in [0, 0.1) is 29.1 Å². The Morgan fingerprint density at radius 3 is 2.31 bits per heavy atom. The van der Waals surface area contributed by atoms with Gasteiger partial charge < -0.3 is 0 Å². The molecule has 0 heteroatoms. The van der Waals surface area contributed by atoms with Crippen molar-refractivity contribution in [3.8, 4) is 0 Å². The highest BCUT2D eigenvalue weighted by atomic mass is 14.5. The van der Waals surface area contributed by atoms with E-state index in [0.717, 1.165) is 29.1 Å². The maximum atomic E-state index is 2.48. The van der Waals surface area contributed by atoms with Crippen LogP contribution in [0.15, 0.2) is 0 Å². The number of hydrogen-bond donors (Lipinski definition) is 0. The average Bonchev–Trinajstić information content (AvgIpc) is 2.78. The van der Waals surface area contributed by atoms with E-state index in [0.29, 0.717) is 0 Å². The third kappa shape index (κ3) is 2.08. The Bertz CT molecular complexity index is 196. The Hall–Kier alpha value is 0. The van der Waals surface area contributed by atoms with Crippen molar-refractivity contribution in [1.82, 2.24) is 0 Å². The molecule has 0 nitrogen and oxygen atoms in total. The van der Waals surface area contributed by atoms with Crippen LogP contribution in [0.5, 0.6) is 0 Å². The van der Waals surface area contributed by atoms with Gasteiger partial charge in [0.15, 0.2) is 0 Å². The quantitative estimate of drug-likeness (QED) is 0.611. The molecule has 0 aromatic rings. The lowest BCUT2D eigenvalue weighted by atomic mass is 9.89. The number of rotatable bonds is 4. The van der Waals surface area contributed by atoms with Crippen molar-refractivity contribution in [2.24, 2.45) is 29.1 Å². The van der Waals surface area contributed by atoms with Crippen molar-refractivity contribution in [2.45, 2.75) is 53.4 Å². The van der Waals surface area contributed by atoms with E-state index >= 15 is 0 Å². The second-order valence-electron chi connectivity index (χ2n) is 6.28. The zero-order chi connectivity index (χ0) is 9.64. The maximum absolute atomic E-state index is 2.48. The van der Waals surface area contributed by atoms with Crippen LogP contribution in [0.1, 0.15) is 53.4 Å². The van der Waals surface area contributed by atoms with Gasteiger partial charge in [0, 0.05) is 0 Å². The van der Waals surface area contributed by atoms with Crippen molar-refractivity contribution in [3.05, 3.63) is 0 Å². The van der Waals surface area contributed by atoms with Gasteiger partial charge in [-0.3, -0.25) is 0 Å². The molecule has 5 unspecified atom stereocenters. The van der Waals surface area contributed by atoms with Gasteiger partial charge in [-0.25, -0.2) is 0 Å². The first kappa shape index (κ1) is 9.55. The van der Waals surface area contributed by atoms with Gasteiger partial charge in [0.1, 0.15) is 0 Å². The molecule has 0 aromatic heterocycles. The smallest absolute Gasteiger partial charge is 0.0295 e. The van der Waals surface area contributed by atoms with E-state index in [9.17, 15) is 0 Å². The third-order valence-corrected chi connectivity index (χ3v) is 4.60. The molecule has 0 spiro atoms. The van der Waals surface area contributed by atoms with Gasteiger partial charge in [-0.05, 0) is 54.8 Å². The van der Waals surface area contributed by atoms with E-state index in [1.807, 2.05) is 0 Å². The van der Waals surface area contributed by atoms with Crippen molar-refractivity contribution >= 4 is 0 Å². The molecule has 0 bridgehead atoms. The molecule has 0 amide bonds. The highest BCUT2D eigenvalue weighted by Crippen LogP contribution is 2.57. The monoisotopic (exact) mass is 180 g/mol. The van der Waals surface area contributed by atoms with E-state index in [1.54, 1.807) is 0 Å². The molecule has 5 atom stereocenters. The summed E-state index contributed by atoms with van der Waals surface area (Å²) in [5, 5.41) is 0. The van der Waals surface area contributed by atoms with Crippen LogP contribution in [0.4, 0.5) is 0 Å². The van der Waals surface area contributed by atoms with Crippen LogP contribution in [-0.2, 0) is 0 Å². The first-order valence-electron chi connectivity index (χ1n) is 6.01. The molecule has 13 heavy (non-hydrogen) atoms. The zero-order valence-corrected chi connectivity index (χ0v) is 9.64. The maximum Gasteiger partial charge on any atom is -0.0295 e. The summed E-state index contributed by atoms with van der Waals surface area (Å²) in [5.74, 6) is 4.12. The molecule has 2 fully saturated rings. The molecule has 0 aliphatic heterocycles. The van der Waals surface area contributed by atoms with E-state index in [1.165, 1.54) is 25.7 Å². The highest BCUT2D eigenvalue weighted by Gasteiger charge is 2.47. The molecule has 2 saturated carbocycles. The average molecular weight is 180 g/mol. The van der Waals surface area contributed by atoms with Crippen LogP contribution in [0.2, 0.25) is 0 Å². The highest BCUT2D eigenvalue weighted by molar-refractivity contribution is 4.97. The zero-order valence-electron chi connectivity index (χ0n) is 9.64. The van der Waals surface area contributed by atoms with Gasteiger partial charge in [-0.1, -0.05) is 27.7 Å². The molecule has 2 aliphatic carbocycles. The molecule has 76 valence electrons. The van der Waals surface area contributed by atoms with Crippen LogP contribution >= 0.6 is 0 Å². The van der Waals surface area contributed by atoms with Gasteiger partial charge in [0.25, 0.3) is 0 Å². The Labute approximate surface area is 83.1 Å². The number of hydrogen-bond acceptors (Lipinski definition) is 0. The standard InChI is InChI=1S/C13H24/c1-9(5-12-6-10(12)2)7-13(4)8-11(13)3/h9-12H,5-8H2,1-4H3. The van der Waals surface area contributed by atoms with Crippen molar-refractivity contribution in [1.29, 1.82) is 0 Å². The van der Waals surface area contributed by atoms with Gasteiger partial charge in [-0.2, -0.15) is 0 Å². The topological polar surface area (TPSA) is 0 Å². The SMILES string of the molecule is CC(CC1CC1C)CC1(C)CC1C. The lowest BCUT2D eigenvalue weighted by Crippen LogP contribution is -2.06. The molecular formula is C13H24.